The van der Waals surface area contributed by atoms with Crippen LogP contribution in [0.25, 0.3) is 10.2 Å². The second-order valence-corrected chi connectivity index (χ2v) is 7.66. The van der Waals surface area contributed by atoms with Crippen LogP contribution in [0.15, 0.2) is 35.3 Å². The van der Waals surface area contributed by atoms with Crippen molar-refractivity contribution in [1.82, 2.24) is 4.57 Å². The number of benzene rings is 2. The van der Waals surface area contributed by atoms with E-state index in [9.17, 15) is 9.59 Å². The number of thiazole rings is 1. The van der Waals surface area contributed by atoms with Crippen LogP contribution in [0.1, 0.15) is 21.5 Å². The largest absolute Gasteiger partial charge is 0.496 e. The predicted molar refractivity (Wildman–Crippen MR) is 109 cm³/mol. The molecule has 146 valence electrons. The number of methoxy groups -OCH3 is 2. The number of rotatable bonds is 4. The Labute approximate surface area is 171 Å². The molecule has 1 aromatic heterocycles. The van der Waals surface area contributed by atoms with E-state index in [1.54, 1.807) is 16.7 Å². The van der Waals surface area contributed by atoms with Gasteiger partial charge in [-0.15, -0.1) is 0 Å². The third-order valence-electron chi connectivity index (χ3n) is 4.40. The van der Waals surface area contributed by atoms with Gasteiger partial charge in [0.1, 0.15) is 12.3 Å². The lowest BCUT2D eigenvalue weighted by Gasteiger charge is -2.06. The fourth-order valence-electron chi connectivity index (χ4n) is 2.75. The highest BCUT2D eigenvalue weighted by molar-refractivity contribution is 7.16. The van der Waals surface area contributed by atoms with Crippen LogP contribution in [0.3, 0.4) is 0 Å². The minimum atomic E-state index is -0.502. The van der Waals surface area contributed by atoms with E-state index in [2.05, 4.69) is 4.99 Å². The lowest BCUT2D eigenvalue weighted by atomic mass is 10.1. The van der Waals surface area contributed by atoms with Crippen molar-refractivity contribution in [2.24, 2.45) is 4.99 Å². The van der Waals surface area contributed by atoms with Crippen LogP contribution in [0, 0.1) is 13.8 Å². The van der Waals surface area contributed by atoms with Crippen LogP contribution in [0.4, 0.5) is 0 Å². The molecule has 0 fully saturated rings. The summed E-state index contributed by atoms with van der Waals surface area (Å²) in [5.74, 6) is -0.546. The molecule has 0 aliphatic carbocycles. The van der Waals surface area contributed by atoms with Crippen molar-refractivity contribution in [3.05, 3.63) is 56.8 Å². The maximum Gasteiger partial charge on any atom is 0.325 e. The first-order chi connectivity index (χ1) is 13.3. The lowest BCUT2D eigenvalue weighted by Crippen LogP contribution is -2.22. The zero-order chi connectivity index (χ0) is 20.4. The van der Waals surface area contributed by atoms with Crippen LogP contribution in [-0.2, 0) is 16.1 Å². The summed E-state index contributed by atoms with van der Waals surface area (Å²) < 4.78 is 12.7. The number of carbonyl (C=O) groups is 2. The average Bonchev–Trinajstić information content (AvgIpc) is 2.98. The van der Waals surface area contributed by atoms with Crippen LogP contribution in [-0.4, -0.2) is 30.7 Å². The Kier molecular flexibility index (Phi) is 5.86. The number of hydrogen-bond donors (Lipinski definition) is 0. The van der Waals surface area contributed by atoms with Gasteiger partial charge < -0.3 is 14.0 Å². The number of amides is 1. The molecule has 0 saturated carbocycles. The Bertz CT molecular complexity index is 1150. The summed E-state index contributed by atoms with van der Waals surface area (Å²) in [6, 6.07) is 8.77. The Morgan fingerprint density at radius 1 is 1.14 bits per heavy atom. The first-order valence-corrected chi connectivity index (χ1v) is 9.63. The highest BCUT2D eigenvalue weighted by Crippen LogP contribution is 2.25. The molecule has 0 atom stereocenters. The number of ether oxygens (including phenoxy) is 2. The number of carbonyl (C=O) groups excluding carboxylic acids is 2. The molecule has 0 radical (unpaired) electrons. The number of halogens is 1. The molecule has 0 unspecified atom stereocenters. The van der Waals surface area contributed by atoms with Crippen molar-refractivity contribution in [1.29, 1.82) is 0 Å². The fraction of sp³-hybridized carbons (Fsp3) is 0.250. The van der Waals surface area contributed by atoms with E-state index < -0.39 is 11.9 Å². The smallest absolute Gasteiger partial charge is 0.325 e. The van der Waals surface area contributed by atoms with E-state index >= 15 is 0 Å². The molecule has 3 aromatic rings. The Balaban J connectivity index is 2.21. The zero-order valence-electron chi connectivity index (χ0n) is 15.9. The van der Waals surface area contributed by atoms with Crippen molar-refractivity contribution in [2.45, 2.75) is 20.4 Å². The third kappa shape index (κ3) is 3.95. The van der Waals surface area contributed by atoms with E-state index in [0.29, 0.717) is 15.6 Å². The van der Waals surface area contributed by atoms with E-state index in [-0.39, 0.29) is 12.1 Å². The quantitative estimate of drug-likeness (QED) is 0.602. The number of esters is 1. The van der Waals surface area contributed by atoms with Crippen LogP contribution < -0.4 is 9.54 Å². The van der Waals surface area contributed by atoms with Crippen molar-refractivity contribution >= 4 is 45.0 Å². The highest BCUT2D eigenvalue weighted by Gasteiger charge is 2.16. The summed E-state index contributed by atoms with van der Waals surface area (Å²) in [4.78, 5) is 29.4. The van der Waals surface area contributed by atoms with E-state index in [0.717, 1.165) is 21.3 Å². The maximum atomic E-state index is 12.8. The van der Waals surface area contributed by atoms with Gasteiger partial charge in [-0.05, 0) is 55.3 Å². The first-order valence-electron chi connectivity index (χ1n) is 8.44. The van der Waals surface area contributed by atoms with Gasteiger partial charge in [-0.1, -0.05) is 22.9 Å². The van der Waals surface area contributed by atoms with Gasteiger partial charge in [-0.3, -0.25) is 9.59 Å². The van der Waals surface area contributed by atoms with Crippen molar-refractivity contribution < 1.29 is 19.1 Å². The average molecular weight is 419 g/mol. The van der Waals surface area contributed by atoms with E-state index in [1.165, 1.54) is 31.6 Å². The molecule has 6 nitrogen and oxygen atoms in total. The molecule has 0 N–H and O–H groups in total. The molecule has 0 spiro atoms. The van der Waals surface area contributed by atoms with Gasteiger partial charge in [0.2, 0.25) is 0 Å². The number of aromatic nitrogens is 1. The van der Waals surface area contributed by atoms with Gasteiger partial charge >= 0.3 is 5.97 Å². The normalized spacial score (nSPS) is 11.7. The minimum absolute atomic E-state index is 0.0439. The summed E-state index contributed by atoms with van der Waals surface area (Å²) >= 11 is 7.36. The summed E-state index contributed by atoms with van der Waals surface area (Å²) in [6.45, 7) is 3.96. The standard InChI is InChI=1S/C20H19ClN2O4S/c1-11-7-15-17(8-12(11)2)28-20(23(15)10-18(24)27-4)22-19(25)14-9-13(21)5-6-16(14)26-3/h5-9H,10H2,1-4H3. The van der Waals surface area contributed by atoms with Gasteiger partial charge in [-0.2, -0.15) is 4.99 Å². The van der Waals surface area contributed by atoms with Crippen LogP contribution in [0.2, 0.25) is 5.02 Å². The monoisotopic (exact) mass is 418 g/mol. The lowest BCUT2D eigenvalue weighted by molar-refractivity contribution is -0.141. The molecule has 1 heterocycles. The van der Waals surface area contributed by atoms with Gasteiger partial charge in [0.15, 0.2) is 4.80 Å². The SMILES string of the molecule is COC(=O)Cn1c(=NC(=O)c2cc(Cl)ccc2OC)sc2cc(C)c(C)cc21. The van der Waals surface area contributed by atoms with Crippen LogP contribution >= 0.6 is 22.9 Å². The molecule has 2 aromatic carbocycles. The molecular formula is C20H19ClN2O4S. The number of aryl methyl sites for hydroxylation is 2. The molecule has 8 heteroatoms. The summed E-state index contributed by atoms with van der Waals surface area (Å²) in [7, 11) is 2.80. The topological polar surface area (TPSA) is 69.9 Å². The number of hydrogen-bond acceptors (Lipinski definition) is 5. The number of fused-ring (bicyclic) bond motifs is 1. The molecule has 0 aliphatic heterocycles. The Morgan fingerprint density at radius 2 is 1.86 bits per heavy atom. The Morgan fingerprint density at radius 3 is 2.54 bits per heavy atom. The molecule has 28 heavy (non-hydrogen) atoms. The second-order valence-electron chi connectivity index (χ2n) is 6.21. The summed E-state index contributed by atoms with van der Waals surface area (Å²) in [5, 5.41) is 0.407. The van der Waals surface area contributed by atoms with E-state index in [4.69, 9.17) is 21.1 Å². The predicted octanol–water partition coefficient (Wildman–Crippen LogP) is 3.90. The molecule has 0 bridgehead atoms. The molecule has 1 amide bonds. The number of nitrogens with zero attached hydrogens (tertiary/aromatic N) is 2. The molecular weight excluding hydrogens is 400 g/mol. The third-order valence-corrected chi connectivity index (χ3v) is 5.68. The second kappa shape index (κ2) is 8.16. The first kappa shape index (κ1) is 20.1. The van der Waals surface area contributed by atoms with Gasteiger partial charge in [-0.25, -0.2) is 0 Å². The molecule has 0 aliphatic rings. The minimum Gasteiger partial charge on any atom is -0.496 e. The van der Waals surface area contributed by atoms with Gasteiger partial charge in [0.05, 0.1) is 30.0 Å². The maximum absolute atomic E-state index is 12.8. The summed E-state index contributed by atoms with van der Waals surface area (Å²) in [5.41, 5.74) is 3.28. The molecule has 3 rings (SSSR count). The van der Waals surface area contributed by atoms with Crippen molar-refractivity contribution in [2.75, 3.05) is 14.2 Å². The zero-order valence-corrected chi connectivity index (χ0v) is 17.5. The van der Waals surface area contributed by atoms with Crippen molar-refractivity contribution in [3.63, 3.8) is 0 Å². The van der Waals surface area contributed by atoms with Gasteiger partial charge in [0, 0.05) is 5.02 Å². The Hall–Kier alpha value is -2.64. The molecule has 0 saturated heterocycles. The van der Waals surface area contributed by atoms with E-state index in [1.807, 2.05) is 26.0 Å². The summed E-state index contributed by atoms with van der Waals surface area (Å²) in [6.07, 6.45) is 0. The highest BCUT2D eigenvalue weighted by atomic mass is 35.5. The van der Waals surface area contributed by atoms with Crippen LogP contribution in [0.5, 0.6) is 5.75 Å². The van der Waals surface area contributed by atoms with Crippen molar-refractivity contribution in [3.8, 4) is 5.75 Å². The van der Waals surface area contributed by atoms with Gasteiger partial charge in [0.25, 0.3) is 5.91 Å². The fourth-order valence-corrected chi connectivity index (χ4v) is 4.03.